The maximum Gasteiger partial charge on any atom is 0.160 e. The monoisotopic (exact) mass is 258 g/mol. The van der Waals surface area contributed by atoms with Crippen LogP contribution in [0.25, 0.3) is 0 Å². The van der Waals surface area contributed by atoms with Crippen molar-refractivity contribution < 1.29 is 4.79 Å². The Labute approximate surface area is 91.0 Å². The minimum atomic E-state index is 0.128. The molecular weight excluding hydrogens is 248 g/mol. The Morgan fingerprint density at radius 1 is 1.54 bits per heavy atom. The van der Waals surface area contributed by atoms with Gasteiger partial charge in [0, 0.05) is 14.9 Å². The van der Waals surface area contributed by atoms with Crippen molar-refractivity contribution in [3.8, 4) is 0 Å². The SMILES string of the molecule is CCSc1cc(Br)ccc1C(C)=O. The summed E-state index contributed by atoms with van der Waals surface area (Å²) in [5, 5.41) is 0. The molecule has 0 N–H and O–H groups in total. The molecule has 0 aliphatic carbocycles. The number of thioether (sulfide) groups is 1. The molecule has 0 spiro atoms. The summed E-state index contributed by atoms with van der Waals surface area (Å²) in [4.78, 5) is 12.3. The van der Waals surface area contributed by atoms with Crippen LogP contribution in [0.3, 0.4) is 0 Å². The van der Waals surface area contributed by atoms with Crippen LogP contribution >= 0.6 is 27.7 Å². The van der Waals surface area contributed by atoms with Crippen LogP contribution in [0.5, 0.6) is 0 Å². The van der Waals surface area contributed by atoms with E-state index in [0.717, 1.165) is 20.7 Å². The standard InChI is InChI=1S/C10H11BrOS/c1-3-13-10-6-8(11)4-5-9(10)7(2)12/h4-6H,3H2,1-2H3. The van der Waals surface area contributed by atoms with E-state index in [9.17, 15) is 4.79 Å². The third-order valence-corrected chi connectivity index (χ3v) is 3.05. The molecule has 0 bridgehead atoms. The number of carbonyl (C=O) groups is 1. The first-order chi connectivity index (χ1) is 6.15. The lowest BCUT2D eigenvalue weighted by atomic mass is 10.1. The molecule has 0 saturated heterocycles. The van der Waals surface area contributed by atoms with E-state index in [-0.39, 0.29) is 5.78 Å². The predicted molar refractivity (Wildman–Crippen MR) is 60.5 cm³/mol. The molecule has 13 heavy (non-hydrogen) atoms. The van der Waals surface area contributed by atoms with Crippen molar-refractivity contribution in [2.24, 2.45) is 0 Å². The van der Waals surface area contributed by atoms with E-state index in [2.05, 4.69) is 22.9 Å². The highest BCUT2D eigenvalue weighted by atomic mass is 79.9. The summed E-state index contributed by atoms with van der Waals surface area (Å²) in [6.07, 6.45) is 0. The van der Waals surface area contributed by atoms with Crippen LogP contribution in [-0.2, 0) is 0 Å². The Morgan fingerprint density at radius 3 is 2.77 bits per heavy atom. The van der Waals surface area contributed by atoms with Crippen LogP contribution in [0.1, 0.15) is 24.2 Å². The van der Waals surface area contributed by atoms with Crippen LogP contribution in [0.2, 0.25) is 0 Å². The minimum absolute atomic E-state index is 0.128. The second-order valence-electron chi connectivity index (χ2n) is 2.63. The van der Waals surface area contributed by atoms with Crippen LogP contribution in [0.4, 0.5) is 0 Å². The van der Waals surface area contributed by atoms with Crippen molar-refractivity contribution >= 4 is 33.5 Å². The molecule has 0 amide bonds. The molecule has 1 nitrogen and oxygen atoms in total. The highest BCUT2D eigenvalue weighted by molar-refractivity contribution is 9.10. The molecular formula is C10H11BrOS. The summed E-state index contributed by atoms with van der Waals surface area (Å²) in [5.41, 5.74) is 0.815. The molecule has 0 fully saturated rings. The Bertz CT molecular complexity index is 323. The lowest BCUT2D eigenvalue weighted by Gasteiger charge is -2.05. The highest BCUT2D eigenvalue weighted by Crippen LogP contribution is 2.26. The molecule has 0 aromatic heterocycles. The van der Waals surface area contributed by atoms with Gasteiger partial charge in [-0.1, -0.05) is 22.9 Å². The van der Waals surface area contributed by atoms with Gasteiger partial charge in [-0.25, -0.2) is 0 Å². The molecule has 0 unspecified atom stereocenters. The zero-order valence-electron chi connectivity index (χ0n) is 7.63. The fourth-order valence-corrected chi connectivity index (χ4v) is 2.46. The van der Waals surface area contributed by atoms with Crippen LogP contribution in [0, 0.1) is 0 Å². The Morgan fingerprint density at radius 2 is 2.23 bits per heavy atom. The van der Waals surface area contributed by atoms with E-state index in [0.29, 0.717) is 0 Å². The van der Waals surface area contributed by atoms with Gasteiger partial charge < -0.3 is 0 Å². The molecule has 0 aliphatic rings. The molecule has 0 saturated carbocycles. The van der Waals surface area contributed by atoms with E-state index >= 15 is 0 Å². The minimum Gasteiger partial charge on any atom is -0.294 e. The second-order valence-corrected chi connectivity index (χ2v) is 4.85. The second kappa shape index (κ2) is 4.82. The summed E-state index contributed by atoms with van der Waals surface area (Å²) < 4.78 is 1.02. The molecule has 0 radical (unpaired) electrons. The van der Waals surface area contributed by atoms with Gasteiger partial charge in [0.05, 0.1) is 0 Å². The van der Waals surface area contributed by atoms with Gasteiger partial charge in [0.2, 0.25) is 0 Å². The van der Waals surface area contributed by atoms with Crippen LogP contribution < -0.4 is 0 Å². The van der Waals surface area contributed by atoms with E-state index in [1.165, 1.54) is 0 Å². The summed E-state index contributed by atoms with van der Waals surface area (Å²) in [6.45, 7) is 3.68. The first-order valence-corrected chi connectivity index (χ1v) is 5.86. The predicted octanol–water partition coefficient (Wildman–Crippen LogP) is 3.76. The van der Waals surface area contributed by atoms with Gasteiger partial charge in [0.25, 0.3) is 0 Å². The molecule has 0 atom stereocenters. The number of rotatable bonds is 3. The summed E-state index contributed by atoms with van der Waals surface area (Å²) in [5.74, 6) is 1.11. The molecule has 3 heteroatoms. The van der Waals surface area contributed by atoms with E-state index in [1.54, 1.807) is 18.7 Å². The molecule has 1 aromatic carbocycles. The van der Waals surface area contributed by atoms with Crippen LogP contribution in [0.15, 0.2) is 27.6 Å². The van der Waals surface area contributed by atoms with Crippen molar-refractivity contribution in [2.45, 2.75) is 18.7 Å². The van der Waals surface area contributed by atoms with Crippen molar-refractivity contribution in [3.63, 3.8) is 0 Å². The van der Waals surface area contributed by atoms with E-state index < -0.39 is 0 Å². The normalized spacial score (nSPS) is 10.1. The summed E-state index contributed by atoms with van der Waals surface area (Å²) in [7, 11) is 0. The number of benzene rings is 1. The molecule has 0 heterocycles. The zero-order chi connectivity index (χ0) is 9.84. The smallest absolute Gasteiger partial charge is 0.160 e. The van der Waals surface area contributed by atoms with Gasteiger partial charge in [0.15, 0.2) is 5.78 Å². The lowest BCUT2D eigenvalue weighted by Crippen LogP contribution is -1.94. The van der Waals surface area contributed by atoms with Gasteiger partial charge in [-0.2, -0.15) is 0 Å². The van der Waals surface area contributed by atoms with Crippen molar-refractivity contribution in [2.75, 3.05) is 5.75 Å². The summed E-state index contributed by atoms with van der Waals surface area (Å²) >= 11 is 5.08. The quantitative estimate of drug-likeness (QED) is 0.607. The topological polar surface area (TPSA) is 17.1 Å². The average Bonchev–Trinajstić information content (AvgIpc) is 2.04. The molecule has 1 rings (SSSR count). The average molecular weight is 259 g/mol. The van der Waals surface area contributed by atoms with E-state index in [1.807, 2.05) is 18.2 Å². The molecule has 70 valence electrons. The maximum absolute atomic E-state index is 11.2. The Balaban J connectivity index is 3.10. The van der Waals surface area contributed by atoms with Gasteiger partial charge in [-0.15, -0.1) is 11.8 Å². The fourth-order valence-electron chi connectivity index (χ4n) is 1.06. The number of carbonyl (C=O) groups excluding carboxylic acids is 1. The largest absolute Gasteiger partial charge is 0.294 e. The van der Waals surface area contributed by atoms with Crippen molar-refractivity contribution in [1.29, 1.82) is 0 Å². The Kier molecular flexibility index (Phi) is 4.00. The van der Waals surface area contributed by atoms with Crippen molar-refractivity contribution in [1.82, 2.24) is 0 Å². The third-order valence-electron chi connectivity index (χ3n) is 1.62. The number of ketones is 1. The highest BCUT2D eigenvalue weighted by Gasteiger charge is 2.06. The van der Waals surface area contributed by atoms with Crippen LogP contribution in [-0.4, -0.2) is 11.5 Å². The van der Waals surface area contributed by atoms with Gasteiger partial charge >= 0.3 is 0 Å². The van der Waals surface area contributed by atoms with E-state index in [4.69, 9.17) is 0 Å². The fraction of sp³-hybridized carbons (Fsp3) is 0.300. The third kappa shape index (κ3) is 2.85. The number of hydrogen-bond donors (Lipinski definition) is 0. The first-order valence-electron chi connectivity index (χ1n) is 4.08. The maximum atomic E-state index is 11.2. The molecule has 0 aliphatic heterocycles. The molecule has 1 aromatic rings. The zero-order valence-corrected chi connectivity index (χ0v) is 10.0. The number of hydrogen-bond acceptors (Lipinski definition) is 2. The first kappa shape index (κ1) is 10.8. The number of Topliss-reactive ketones (excluding diaryl/α,β-unsaturated/α-hetero) is 1. The van der Waals surface area contributed by atoms with Gasteiger partial charge in [0.1, 0.15) is 0 Å². The number of halogens is 1. The van der Waals surface area contributed by atoms with Crippen molar-refractivity contribution in [3.05, 3.63) is 28.2 Å². The summed E-state index contributed by atoms with van der Waals surface area (Å²) in [6, 6.07) is 5.76. The Hall–Kier alpha value is -0.280. The van der Waals surface area contributed by atoms with Gasteiger partial charge in [-0.05, 0) is 30.9 Å². The van der Waals surface area contributed by atoms with Gasteiger partial charge in [-0.3, -0.25) is 4.79 Å². The lowest BCUT2D eigenvalue weighted by molar-refractivity contribution is 0.101.